The van der Waals surface area contributed by atoms with E-state index in [1.165, 1.54) is 18.3 Å². The molecular formula is C16H12N2O3. The number of hydrogen-bond donors (Lipinski definition) is 3. The summed E-state index contributed by atoms with van der Waals surface area (Å²) in [6, 6.07) is 10.3. The van der Waals surface area contributed by atoms with Crippen LogP contribution in [0, 0.1) is 0 Å². The van der Waals surface area contributed by atoms with E-state index in [0.29, 0.717) is 5.56 Å². The van der Waals surface area contributed by atoms with Gasteiger partial charge in [0, 0.05) is 34.9 Å². The van der Waals surface area contributed by atoms with Crippen molar-refractivity contribution in [1.82, 2.24) is 4.98 Å². The Morgan fingerprint density at radius 1 is 0.952 bits per heavy atom. The molecule has 0 unspecified atom stereocenters. The monoisotopic (exact) mass is 280 g/mol. The van der Waals surface area contributed by atoms with Gasteiger partial charge in [-0.15, -0.1) is 0 Å². The summed E-state index contributed by atoms with van der Waals surface area (Å²) in [5.74, 6) is -1.33. The maximum absolute atomic E-state index is 9.76. The van der Waals surface area contributed by atoms with Crippen molar-refractivity contribution in [3.63, 3.8) is 0 Å². The second-order valence-corrected chi connectivity index (χ2v) is 4.50. The lowest BCUT2D eigenvalue weighted by Crippen LogP contribution is -1.84. The molecule has 0 bridgehead atoms. The lowest BCUT2D eigenvalue weighted by Gasteiger charge is -2.04. The molecule has 3 N–H and O–H groups in total. The first kappa shape index (κ1) is 12.9. The average Bonchev–Trinajstić information content (AvgIpc) is 2.52. The van der Waals surface area contributed by atoms with Crippen LogP contribution in [0.15, 0.2) is 53.8 Å². The molecule has 2 aromatic carbocycles. The van der Waals surface area contributed by atoms with Gasteiger partial charge >= 0.3 is 0 Å². The van der Waals surface area contributed by atoms with Crippen molar-refractivity contribution in [2.45, 2.75) is 0 Å². The highest BCUT2D eigenvalue weighted by atomic mass is 16.3. The van der Waals surface area contributed by atoms with Crippen molar-refractivity contribution in [1.29, 1.82) is 0 Å². The molecule has 0 amide bonds. The van der Waals surface area contributed by atoms with Gasteiger partial charge in [0.05, 0.1) is 5.69 Å². The number of rotatable bonds is 2. The number of nitrogens with zero attached hydrogens (tertiary/aromatic N) is 2. The first-order valence-electron chi connectivity index (χ1n) is 6.27. The van der Waals surface area contributed by atoms with Crippen molar-refractivity contribution in [3.05, 3.63) is 54.4 Å². The number of benzene rings is 2. The third kappa shape index (κ3) is 2.36. The maximum atomic E-state index is 9.76. The Hall–Kier alpha value is -3.08. The number of hydrogen-bond acceptors (Lipinski definition) is 5. The normalized spacial score (nSPS) is 11.2. The van der Waals surface area contributed by atoms with Gasteiger partial charge in [0.25, 0.3) is 0 Å². The fourth-order valence-electron chi connectivity index (χ4n) is 2.05. The van der Waals surface area contributed by atoms with Gasteiger partial charge in [-0.25, -0.2) is 0 Å². The molecule has 0 fully saturated rings. The molecule has 104 valence electrons. The van der Waals surface area contributed by atoms with E-state index >= 15 is 0 Å². The number of fused-ring (bicyclic) bond motifs is 1. The Labute approximate surface area is 120 Å². The first-order valence-corrected chi connectivity index (χ1v) is 6.27. The Morgan fingerprint density at radius 2 is 1.81 bits per heavy atom. The summed E-state index contributed by atoms with van der Waals surface area (Å²) in [5, 5.41) is 30.4. The zero-order valence-corrected chi connectivity index (χ0v) is 10.9. The predicted octanol–water partition coefficient (Wildman–Crippen LogP) is 3.10. The molecule has 1 heterocycles. The quantitative estimate of drug-likeness (QED) is 0.497. The largest absolute Gasteiger partial charge is 0.504 e. The fourth-order valence-corrected chi connectivity index (χ4v) is 2.05. The molecule has 5 heteroatoms. The van der Waals surface area contributed by atoms with Gasteiger partial charge in [0.2, 0.25) is 5.75 Å². The second kappa shape index (κ2) is 5.13. The van der Waals surface area contributed by atoms with Crippen LogP contribution in [0.2, 0.25) is 0 Å². The highest BCUT2D eigenvalue weighted by molar-refractivity contribution is 5.95. The summed E-state index contributed by atoms with van der Waals surface area (Å²) in [6.45, 7) is 0. The van der Waals surface area contributed by atoms with Crippen LogP contribution in [-0.4, -0.2) is 26.5 Å². The summed E-state index contributed by atoms with van der Waals surface area (Å²) in [5.41, 5.74) is 1.04. The molecule has 0 aliphatic rings. The Morgan fingerprint density at radius 3 is 2.67 bits per heavy atom. The molecule has 0 radical (unpaired) electrons. The zero-order valence-electron chi connectivity index (χ0n) is 10.9. The Kier molecular flexibility index (Phi) is 3.16. The predicted molar refractivity (Wildman–Crippen MR) is 80.4 cm³/mol. The van der Waals surface area contributed by atoms with Gasteiger partial charge in [-0.3, -0.25) is 9.98 Å². The van der Waals surface area contributed by atoms with E-state index in [4.69, 9.17) is 0 Å². The molecule has 21 heavy (non-hydrogen) atoms. The summed E-state index contributed by atoms with van der Waals surface area (Å²) in [4.78, 5) is 8.39. The van der Waals surface area contributed by atoms with Crippen LogP contribution in [0.5, 0.6) is 17.2 Å². The summed E-state index contributed by atoms with van der Waals surface area (Å²) >= 11 is 0. The standard InChI is InChI=1S/C16H12N2O3/c19-14-5-4-11(15(20)16(14)21)9-18-13-3-1-2-10-8-17-7-6-12(10)13/h1-9,19-21H. The first-order chi connectivity index (χ1) is 10.2. The number of phenolic OH excluding ortho intramolecular Hbond substituents is 3. The molecule has 0 spiro atoms. The SMILES string of the molecule is Oc1ccc(C=Nc2cccc3cnccc23)c(O)c1O. The Bertz CT molecular complexity index is 839. The van der Waals surface area contributed by atoms with Crippen molar-refractivity contribution in [2.24, 2.45) is 4.99 Å². The van der Waals surface area contributed by atoms with Crippen LogP contribution in [0.25, 0.3) is 10.8 Å². The van der Waals surface area contributed by atoms with Crippen LogP contribution < -0.4 is 0 Å². The van der Waals surface area contributed by atoms with E-state index < -0.39 is 11.5 Å². The maximum Gasteiger partial charge on any atom is 0.200 e. The lowest BCUT2D eigenvalue weighted by molar-refractivity contribution is 0.367. The van der Waals surface area contributed by atoms with Crippen molar-refractivity contribution in [2.75, 3.05) is 0 Å². The molecule has 0 aliphatic carbocycles. The van der Waals surface area contributed by atoms with E-state index in [1.54, 1.807) is 12.4 Å². The number of pyridine rings is 1. The molecule has 3 rings (SSSR count). The van der Waals surface area contributed by atoms with E-state index in [9.17, 15) is 15.3 Å². The van der Waals surface area contributed by atoms with Gasteiger partial charge in [-0.05, 0) is 24.3 Å². The summed E-state index contributed by atoms with van der Waals surface area (Å²) in [6.07, 6.45) is 4.87. The third-order valence-electron chi connectivity index (χ3n) is 3.16. The smallest absolute Gasteiger partial charge is 0.200 e. The minimum atomic E-state index is -0.555. The minimum absolute atomic E-state index is 0.316. The Balaban J connectivity index is 2.05. The highest BCUT2D eigenvalue weighted by Gasteiger charge is 2.09. The van der Waals surface area contributed by atoms with Crippen molar-refractivity contribution < 1.29 is 15.3 Å². The summed E-state index contributed by atoms with van der Waals surface area (Å²) in [7, 11) is 0. The molecule has 0 saturated heterocycles. The summed E-state index contributed by atoms with van der Waals surface area (Å²) < 4.78 is 0. The van der Waals surface area contributed by atoms with Crippen molar-refractivity contribution in [3.8, 4) is 17.2 Å². The lowest BCUT2D eigenvalue weighted by atomic mass is 10.1. The molecule has 0 saturated carbocycles. The topological polar surface area (TPSA) is 85.9 Å². The third-order valence-corrected chi connectivity index (χ3v) is 3.16. The van der Waals surface area contributed by atoms with Gasteiger partial charge in [-0.2, -0.15) is 0 Å². The van der Waals surface area contributed by atoms with Crippen LogP contribution >= 0.6 is 0 Å². The fraction of sp³-hybridized carbons (Fsp3) is 0. The van der Waals surface area contributed by atoms with E-state index in [2.05, 4.69) is 9.98 Å². The van der Waals surface area contributed by atoms with Crippen LogP contribution in [0.3, 0.4) is 0 Å². The van der Waals surface area contributed by atoms with Gasteiger partial charge in [-0.1, -0.05) is 12.1 Å². The number of aromatic hydroxyl groups is 3. The second-order valence-electron chi connectivity index (χ2n) is 4.50. The van der Waals surface area contributed by atoms with Gasteiger partial charge < -0.3 is 15.3 Å². The molecule has 0 aliphatic heterocycles. The zero-order chi connectivity index (χ0) is 14.8. The molecule has 0 atom stereocenters. The molecule has 1 aromatic heterocycles. The van der Waals surface area contributed by atoms with Crippen LogP contribution in [0.1, 0.15) is 5.56 Å². The van der Waals surface area contributed by atoms with E-state index in [-0.39, 0.29) is 5.75 Å². The molecule has 5 nitrogen and oxygen atoms in total. The van der Waals surface area contributed by atoms with E-state index in [0.717, 1.165) is 16.5 Å². The van der Waals surface area contributed by atoms with E-state index in [1.807, 2.05) is 24.3 Å². The molecular weight excluding hydrogens is 268 g/mol. The van der Waals surface area contributed by atoms with Gasteiger partial charge in [0.1, 0.15) is 0 Å². The number of aromatic nitrogens is 1. The van der Waals surface area contributed by atoms with Crippen LogP contribution in [0.4, 0.5) is 5.69 Å². The average molecular weight is 280 g/mol. The highest BCUT2D eigenvalue weighted by Crippen LogP contribution is 2.36. The molecule has 3 aromatic rings. The number of phenols is 3. The van der Waals surface area contributed by atoms with Crippen LogP contribution in [-0.2, 0) is 0 Å². The van der Waals surface area contributed by atoms with Crippen molar-refractivity contribution >= 4 is 22.7 Å². The van der Waals surface area contributed by atoms with Gasteiger partial charge in [0.15, 0.2) is 11.5 Å². The number of aliphatic imine (C=N–C) groups is 1. The minimum Gasteiger partial charge on any atom is -0.504 e.